The fraction of sp³-hybridized carbons (Fsp3) is 0.462. The van der Waals surface area contributed by atoms with Crippen molar-refractivity contribution in [2.75, 3.05) is 11.9 Å². The number of anilines is 1. The molecule has 5 heteroatoms. The van der Waals surface area contributed by atoms with Crippen molar-refractivity contribution in [3.05, 3.63) is 28.2 Å². The highest BCUT2D eigenvalue weighted by Crippen LogP contribution is 2.23. The Labute approximate surface area is 114 Å². The van der Waals surface area contributed by atoms with E-state index < -0.39 is 12.1 Å². The smallest absolute Gasteiger partial charge is 0.332 e. The summed E-state index contributed by atoms with van der Waals surface area (Å²) >= 11 is 3.43. The molecule has 18 heavy (non-hydrogen) atoms. The normalized spacial score (nSPS) is 23.0. The molecule has 0 aliphatic carbocycles. The lowest BCUT2D eigenvalue weighted by Gasteiger charge is -2.15. The van der Waals surface area contributed by atoms with Crippen LogP contribution in [0.4, 0.5) is 5.69 Å². The fourth-order valence-corrected chi connectivity index (χ4v) is 2.41. The number of aliphatic carboxylic acids is 1. The van der Waals surface area contributed by atoms with Crippen LogP contribution in [-0.2, 0) is 9.53 Å². The van der Waals surface area contributed by atoms with Gasteiger partial charge in [-0.15, -0.1) is 0 Å². The van der Waals surface area contributed by atoms with E-state index in [1.807, 2.05) is 25.1 Å². The molecule has 1 fully saturated rings. The first-order valence-corrected chi connectivity index (χ1v) is 6.74. The first kappa shape index (κ1) is 13.4. The molecule has 1 saturated heterocycles. The SMILES string of the molecule is Cc1ccc(Br)cc1NCC1CCC(C(=O)O)O1. The maximum atomic E-state index is 10.8. The molecule has 2 rings (SSSR count). The first-order chi connectivity index (χ1) is 8.56. The number of halogens is 1. The van der Waals surface area contributed by atoms with Crippen LogP contribution in [0, 0.1) is 6.92 Å². The van der Waals surface area contributed by atoms with Gasteiger partial charge in [-0.1, -0.05) is 22.0 Å². The largest absolute Gasteiger partial charge is 0.479 e. The number of benzene rings is 1. The Hall–Kier alpha value is -1.07. The topological polar surface area (TPSA) is 58.6 Å². The molecule has 2 unspecified atom stereocenters. The van der Waals surface area contributed by atoms with Gasteiger partial charge in [0.1, 0.15) is 0 Å². The highest BCUT2D eigenvalue weighted by Gasteiger charge is 2.30. The van der Waals surface area contributed by atoms with Gasteiger partial charge in [0.2, 0.25) is 0 Å². The molecular weight excluding hydrogens is 298 g/mol. The number of carbonyl (C=O) groups is 1. The van der Waals surface area contributed by atoms with E-state index in [1.54, 1.807) is 0 Å². The predicted molar refractivity (Wildman–Crippen MR) is 72.9 cm³/mol. The molecule has 0 radical (unpaired) electrons. The number of carboxylic acid groups (broad SMARTS) is 1. The maximum Gasteiger partial charge on any atom is 0.332 e. The second kappa shape index (κ2) is 5.71. The lowest BCUT2D eigenvalue weighted by Crippen LogP contribution is -2.24. The summed E-state index contributed by atoms with van der Waals surface area (Å²) in [5, 5.41) is 12.2. The van der Waals surface area contributed by atoms with Crippen molar-refractivity contribution in [1.29, 1.82) is 0 Å². The van der Waals surface area contributed by atoms with Gasteiger partial charge in [-0.3, -0.25) is 0 Å². The summed E-state index contributed by atoms with van der Waals surface area (Å²) < 4.78 is 6.46. The average Bonchev–Trinajstić information content (AvgIpc) is 2.79. The molecule has 1 heterocycles. The van der Waals surface area contributed by atoms with Crippen LogP contribution in [0.5, 0.6) is 0 Å². The molecule has 2 atom stereocenters. The highest BCUT2D eigenvalue weighted by atomic mass is 79.9. The zero-order valence-electron chi connectivity index (χ0n) is 10.1. The van der Waals surface area contributed by atoms with E-state index in [4.69, 9.17) is 9.84 Å². The Bertz CT molecular complexity index is 450. The molecule has 1 aromatic rings. The number of hydrogen-bond donors (Lipinski definition) is 2. The molecule has 1 aliphatic heterocycles. The Morgan fingerprint density at radius 1 is 1.56 bits per heavy atom. The fourth-order valence-electron chi connectivity index (χ4n) is 2.05. The average molecular weight is 314 g/mol. The van der Waals surface area contributed by atoms with Crippen molar-refractivity contribution >= 4 is 27.6 Å². The van der Waals surface area contributed by atoms with Gasteiger partial charge in [0.25, 0.3) is 0 Å². The van der Waals surface area contributed by atoms with Crippen molar-refractivity contribution in [1.82, 2.24) is 0 Å². The van der Waals surface area contributed by atoms with Crippen LogP contribution in [0.3, 0.4) is 0 Å². The van der Waals surface area contributed by atoms with Gasteiger partial charge in [0, 0.05) is 16.7 Å². The minimum Gasteiger partial charge on any atom is -0.479 e. The Morgan fingerprint density at radius 2 is 2.33 bits per heavy atom. The molecule has 1 aromatic carbocycles. The van der Waals surface area contributed by atoms with Crippen LogP contribution in [0.1, 0.15) is 18.4 Å². The molecule has 0 spiro atoms. The second-order valence-corrected chi connectivity index (χ2v) is 5.42. The third kappa shape index (κ3) is 3.23. The van der Waals surface area contributed by atoms with Gasteiger partial charge in [0.15, 0.2) is 6.10 Å². The van der Waals surface area contributed by atoms with Crippen LogP contribution in [0.2, 0.25) is 0 Å². The lowest BCUT2D eigenvalue weighted by molar-refractivity contribution is -0.149. The molecule has 0 saturated carbocycles. The molecule has 0 aromatic heterocycles. The molecule has 4 nitrogen and oxygen atoms in total. The molecule has 0 bridgehead atoms. The number of ether oxygens (including phenoxy) is 1. The summed E-state index contributed by atoms with van der Waals surface area (Å²) in [6.45, 7) is 2.67. The van der Waals surface area contributed by atoms with E-state index in [1.165, 1.54) is 0 Å². The van der Waals surface area contributed by atoms with E-state index in [9.17, 15) is 4.79 Å². The van der Waals surface area contributed by atoms with Gasteiger partial charge in [-0.05, 0) is 37.5 Å². The van der Waals surface area contributed by atoms with Crippen molar-refractivity contribution in [2.24, 2.45) is 0 Å². The summed E-state index contributed by atoms with van der Waals surface area (Å²) in [5.74, 6) is -0.865. The zero-order valence-corrected chi connectivity index (χ0v) is 11.7. The van der Waals surface area contributed by atoms with E-state index in [0.717, 1.165) is 22.1 Å². The minimum atomic E-state index is -0.865. The lowest BCUT2D eigenvalue weighted by atomic mass is 10.1. The van der Waals surface area contributed by atoms with Crippen molar-refractivity contribution in [3.63, 3.8) is 0 Å². The van der Waals surface area contributed by atoms with Crippen LogP contribution < -0.4 is 5.32 Å². The summed E-state index contributed by atoms with van der Waals surface area (Å²) in [5.41, 5.74) is 2.21. The summed E-state index contributed by atoms with van der Waals surface area (Å²) in [6.07, 6.45) is 0.723. The number of carboxylic acids is 1. The molecule has 2 N–H and O–H groups in total. The molecule has 98 valence electrons. The molecular formula is C13H16BrNO3. The number of nitrogens with one attached hydrogen (secondary N) is 1. The van der Waals surface area contributed by atoms with Gasteiger partial charge in [0.05, 0.1) is 6.10 Å². The summed E-state index contributed by atoms with van der Waals surface area (Å²) in [6, 6.07) is 6.04. The minimum absolute atomic E-state index is 0.0236. The van der Waals surface area contributed by atoms with Crippen molar-refractivity contribution in [2.45, 2.75) is 32.0 Å². The Balaban J connectivity index is 1.89. The Kier molecular flexibility index (Phi) is 4.24. The third-order valence-corrected chi connectivity index (χ3v) is 3.60. The van der Waals surface area contributed by atoms with Crippen molar-refractivity contribution in [3.8, 4) is 0 Å². The standard InChI is InChI=1S/C13H16BrNO3/c1-8-2-3-9(14)6-11(8)15-7-10-4-5-12(18-10)13(16)17/h2-3,6,10,12,15H,4-5,7H2,1H3,(H,16,17). The number of rotatable bonds is 4. The molecule has 1 aliphatic rings. The maximum absolute atomic E-state index is 10.8. The second-order valence-electron chi connectivity index (χ2n) is 4.50. The van der Waals surface area contributed by atoms with Crippen LogP contribution in [-0.4, -0.2) is 29.8 Å². The Morgan fingerprint density at radius 3 is 3.00 bits per heavy atom. The molecule has 0 amide bonds. The van der Waals surface area contributed by atoms with E-state index >= 15 is 0 Å². The van der Waals surface area contributed by atoms with Crippen LogP contribution in [0.25, 0.3) is 0 Å². The van der Waals surface area contributed by atoms with Crippen LogP contribution >= 0.6 is 15.9 Å². The highest BCUT2D eigenvalue weighted by molar-refractivity contribution is 9.10. The zero-order chi connectivity index (χ0) is 13.1. The third-order valence-electron chi connectivity index (χ3n) is 3.10. The number of hydrogen-bond acceptors (Lipinski definition) is 3. The van der Waals surface area contributed by atoms with E-state index in [-0.39, 0.29) is 6.10 Å². The van der Waals surface area contributed by atoms with Gasteiger partial charge < -0.3 is 15.2 Å². The van der Waals surface area contributed by atoms with Gasteiger partial charge in [-0.2, -0.15) is 0 Å². The van der Waals surface area contributed by atoms with Crippen molar-refractivity contribution < 1.29 is 14.6 Å². The first-order valence-electron chi connectivity index (χ1n) is 5.94. The summed E-state index contributed by atoms with van der Waals surface area (Å²) in [4.78, 5) is 10.8. The van der Waals surface area contributed by atoms with Crippen LogP contribution in [0.15, 0.2) is 22.7 Å². The predicted octanol–water partition coefficient (Wildman–Crippen LogP) is 2.80. The monoisotopic (exact) mass is 313 g/mol. The summed E-state index contributed by atoms with van der Waals surface area (Å²) in [7, 11) is 0. The quantitative estimate of drug-likeness (QED) is 0.897. The van der Waals surface area contributed by atoms with E-state index in [0.29, 0.717) is 13.0 Å². The van der Waals surface area contributed by atoms with E-state index in [2.05, 4.69) is 21.2 Å². The van der Waals surface area contributed by atoms with Gasteiger partial charge >= 0.3 is 5.97 Å². The number of aryl methyl sites for hydroxylation is 1. The van der Waals surface area contributed by atoms with Gasteiger partial charge in [-0.25, -0.2) is 4.79 Å².